The molecule has 0 aliphatic carbocycles. The van der Waals surface area contributed by atoms with Gasteiger partial charge in [-0.05, 0) is 54.1 Å². The van der Waals surface area contributed by atoms with Crippen LogP contribution in [-0.2, 0) is 11.2 Å². The van der Waals surface area contributed by atoms with E-state index in [-0.39, 0.29) is 12.3 Å². The molecule has 0 atom stereocenters. The van der Waals surface area contributed by atoms with Crippen molar-refractivity contribution in [2.75, 3.05) is 10.6 Å². The molecule has 10 heteroatoms. The number of para-hydroxylation sites is 1. The van der Waals surface area contributed by atoms with E-state index in [2.05, 4.69) is 25.6 Å². The Bertz CT molecular complexity index is 2340. The summed E-state index contributed by atoms with van der Waals surface area (Å²) in [5.41, 5.74) is 8.36. The summed E-state index contributed by atoms with van der Waals surface area (Å²) < 4.78 is 7.29. The van der Waals surface area contributed by atoms with Crippen LogP contribution in [0.4, 0.5) is 17.3 Å². The summed E-state index contributed by atoms with van der Waals surface area (Å²) in [5.74, 6) is 1.01. The molecule has 1 amide bonds. The number of oxazole rings is 1. The highest BCUT2D eigenvalue weighted by atomic mass is 16.3. The van der Waals surface area contributed by atoms with Gasteiger partial charge in [-0.3, -0.25) is 4.79 Å². The highest BCUT2D eigenvalue weighted by molar-refractivity contribution is 5.97. The molecular formula is C36H26N8O2. The lowest BCUT2D eigenvalue weighted by atomic mass is 10.0. The van der Waals surface area contributed by atoms with Crippen molar-refractivity contribution < 1.29 is 9.21 Å². The molecule has 3 N–H and O–H groups in total. The number of fused-ring (bicyclic) bond motifs is 2. The average Bonchev–Trinajstić information content (AvgIpc) is 3.85. The highest BCUT2D eigenvalue weighted by Gasteiger charge is 2.19. The summed E-state index contributed by atoms with van der Waals surface area (Å²) in [4.78, 5) is 29.7. The molecule has 46 heavy (non-hydrogen) atoms. The third-order valence-corrected chi connectivity index (χ3v) is 7.73. The van der Waals surface area contributed by atoms with Gasteiger partial charge in [-0.25, -0.2) is 19.5 Å². The number of nitrogens with one attached hydrogen (secondary N) is 3. The van der Waals surface area contributed by atoms with Gasteiger partial charge in [-0.15, -0.1) is 0 Å². The van der Waals surface area contributed by atoms with Crippen LogP contribution in [0.2, 0.25) is 0 Å². The normalized spacial score (nSPS) is 11.2. The highest BCUT2D eigenvalue weighted by Crippen LogP contribution is 2.35. The Labute approximate surface area is 262 Å². The summed E-state index contributed by atoms with van der Waals surface area (Å²) >= 11 is 0. The molecule has 8 rings (SSSR count). The number of hydrogen-bond donors (Lipinski definition) is 3. The Balaban J connectivity index is 1.10. The average molecular weight is 603 g/mol. The SMILES string of the molecule is O=C(Cc1c[nH]c2ccccc12)Nc1cccc(-c2nn3ccccc3c2-c2ccnc(Nc3cccc(-c4cnco4)c3)n2)c1. The van der Waals surface area contributed by atoms with Crippen LogP contribution in [-0.4, -0.2) is 35.5 Å². The van der Waals surface area contributed by atoms with Crippen LogP contribution in [0.5, 0.6) is 0 Å². The Kier molecular flexibility index (Phi) is 6.76. The van der Waals surface area contributed by atoms with E-state index in [0.29, 0.717) is 23.1 Å². The van der Waals surface area contributed by atoms with Gasteiger partial charge in [-0.2, -0.15) is 5.10 Å². The molecule has 0 unspecified atom stereocenters. The fourth-order valence-electron chi connectivity index (χ4n) is 5.65. The van der Waals surface area contributed by atoms with E-state index in [9.17, 15) is 4.79 Å². The maximum absolute atomic E-state index is 13.1. The van der Waals surface area contributed by atoms with Crippen molar-refractivity contribution in [2.24, 2.45) is 0 Å². The second-order valence-corrected chi connectivity index (χ2v) is 10.8. The van der Waals surface area contributed by atoms with Crippen molar-refractivity contribution in [2.45, 2.75) is 6.42 Å². The fraction of sp³-hybridized carbons (Fsp3) is 0.0278. The lowest BCUT2D eigenvalue weighted by Gasteiger charge is -2.09. The Morgan fingerprint density at radius 1 is 0.891 bits per heavy atom. The second kappa shape index (κ2) is 11.5. The number of carbonyl (C=O) groups excluding carboxylic acids is 1. The first-order valence-corrected chi connectivity index (χ1v) is 14.7. The van der Waals surface area contributed by atoms with Gasteiger partial charge in [0.1, 0.15) is 5.69 Å². The molecule has 0 saturated carbocycles. The summed E-state index contributed by atoms with van der Waals surface area (Å²) in [5, 5.41) is 12.4. The topological polar surface area (TPSA) is 126 Å². The minimum Gasteiger partial charge on any atom is -0.444 e. The number of hydrogen-bond acceptors (Lipinski definition) is 7. The summed E-state index contributed by atoms with van der Waals surface area (Å²) in [6.45, 7) is 0. The number of carbonyl (C=O) groups is 1. The van der Waals surface area contributed by atoms with Gasteiger partial charge in [0.2, 0.25) is 11.9 Å². The number of aromatic nitrogens is 6. The zero-order chi connectivity index (χ0) is 30.9. The largest absolute Gasteiger partial charge is 0.444 e. The predicted molar refractivity (Wildman–Crippen MR) is 178 cm³/mol. The van der Waals surface area contributed by atoms with Crippen molar-refractivity contribution in [3.63, 3.8) is 0 Å². The second-order valence-electron chi connectivity index (χ2n) is 10.8. The van der Waals surface area contributed by atoms with Crippen molar-refractivity contribution in [1.29, 1.82) is 0 Å². The first kappa shape index (κ1) is 27.0. The molecule has 0 radical (unpaired) electrons. The third kappa shape index (κ3) is 5.24. The third-order valence-electron chi connectivity index (χ3n) is 7.73. The zero-order valence-electron chi connectivity index (χ0n) is 24.4. The molecular weight excluding hydrogens is 576 g/mol. The summed E-state index contributed by atoms with van der Waals surface area (Å²) in [7, 11) is 0. The van der Waals surface area contributed by atoms with Crippen LogP contribution in [0.25, 0.3) is 50.3 Å². The lowest BCUT2D eigenvalue weighted by Crippen LogP contribution is -2.14. The van der Waals surface area contributed by atoms with Crippen LogP contribution >= 0.6 is 0 Å². The Hall–Kier alpha value is -6.55. The van der Waals surface area contributed by atoms with Gasteiger partial charge in [0.05, 0.1) is 29.4 Å². The van der Waals surface area contributed by atoms with Gasteiger partial charge in [0, 0.05) is 52.0 Å². The number of H-pyrrole nitrogens is 1. The van der Waals surface area contributed by atoms with E-state index in [1.807, 2.05) is 114 Å². The molecule has 8 aromatic rings. The maximum atomic E-state index is 13.1. The number of amides is 1. The van der Waals surface area contributed by atoms with E-state index in [0.717, 1.165) is 50.1 Å². The number of rotatable bonds is 8. The minimum absolute atomic E-state index is 0.101. The molecule has 10 nitrogen and oxygen atoms in total. The number of pyridine rings is 1. The molecule has 3 aromatic carbocycles. The molecule has 0 spiro atoms. The molecule has 0 saturated heterocycles. The minimum atomic E-state index is -0.101. The fourth-order valence-corrected chi connectivity index (χ4v) is 5.65. The van der Waals surface area contributed by atoms with Crippen molar-refractivity contribution >= 4 is 39.6 Å². The van der Waals surface area contributed by atoms with E-state index in [1.54, 1.807) is 12.4 Å². The van der Waals surface area contributed by atoms with Crippen molar-refractivity contribution in [3.8, 4) is 33.8 Å². The smallest absolute Gasteiger partial charge is 0.228 e. The monoisotopic (exact) mass is 602 g/mol. The number of anilines is 3. The number of nitrogens with zero attached hydrogens (tertiary/aromatic N) is 5. The predicted octanol–water partition coefficient (Wildman–Crippen LogP) is 7.52. The molecule has 0 aliphatic rings. The summed E-state index contributed by atoms with van der Waals surface area (Å²) in [6, 6.07) is 31.2. The summed E-state index contributed by atoms with van der Waals surface area (Å²) in [6.07, 6.45) is 8.86. The molecule has 5 aromatic heterocycles. The van der Waals surface area contributed by atoms with Crippen LogP contribution < -0.4 is 10.6 Å². The first-order valence-electron chi connectivity index (χ1n) is 14.7. The molecule has 5 heterocycles. The van der Waals surface area contributed by atoms with Gasteiger partial charge < -0.3 is 20.0 Å². The van der Waals surface area contributed by atoms with Gasteiger partial charge in [0.25, 0.3) is 0 Å². The van der Waals surface area contributed by atoms with Crippen LogP contribution in [0.1, 0.15) is 5.56 Å². The number of aromatic amines is 1. The lowest BCUT2D eigenvalue weighted by molar-refractivity contribution is -0.115. The molecule has 0 bridgehead atoms. The van der Waals surface area contributed by atoms with E-state index in [4.69, 9.17) is 14.5 Å². The van der Waals surface area contributed by atoms with Crippen molar-refractivity contribution in [3.05, 3.63) is 134 Å². The Morgan fingerprint density at radius 3 is 2.65 bits per heavy atom. The van der Waals surface area contributed by atoms with Gasteiger partial charge in [-0.1, -0.05) is 48.5 Å². The van der Waals surface area contributed by atoms with Gasteiger partial charge in [0.15, 0.2) is 12.2 Å². The van der Waals surface area contributed by atoms with Gasteiger partial charge >= 0.3 is 0 Å². The molecule has 0 fully saturated rings. The molecule has 222 valence electrons. The molecule has 0 aliphatic heterocycles. The van der Waals surface area contributed by atoms with Crippen LogP contribution in [0, 0.1) is 0 Å². The number of benzene rings is 3. The van der Waals surface area contributed by atoms with E-state index < -0.39 is 0 Å². The first-order chi connectivity index (χ1) is 22.7. The van der Waals surface area contributed by atoms with E-state index >= 15 is 0 Å². The quantitative estimate of drug-likeness (QED) is 0.164. The van der Waals surface area contributed by atoms with Crippen LogP contribution in [0.15, 0.2) is 133 Å². The van der Waals surface area contributed by atoms with Crippen molar-refractivity contribution in [1.82, 2.24) is 29.5 Å². The van der Waals surface area contributed by atoms with Crippen LogP contribution in [0.3, 0.4) is 0 Å². The van der Waals surface area contributed by atoms with E-state index in [1.165, 1.54) is 6.39 Å². The standard InChI is InChI=1S/C36H26N8O2/c45-33(19-25-20-39-29-12-2-1-11-28(25)29)40-26-9-6-8-24(18-26)35-34(31-13-3-4-16-44(31)43-35)30-14-15-38-36(42-30)41-27-10-5-7-23(17-27)32-21-37-22-46-32/h1-18,20-22,39H,19H2,(H,40,45)(H,38,41,42). The maximum Gasteiger partial charge on any atom is 0.228 e. The zero-order valence-corrected chi connectivity index (χ0v) is 24.4. The Morgan fingerprint density at radius 2 is 1.74 bits per heavy atom.